The van der Waals surface area contributed by atoms with Crippen molar-refractivity contribution >= 4 is 11.3 Å². The highest BCUT2D eigenvalue weighted by Crippen LogP contribution is 2.45. The maximum atomic E-state index is 14.4. The van der Waals surface area contributed by atoms with Gasteiger partial charge in [-0.3, -0.25) is 0 Å². The molecule has 0 amide bonds. The molecule has 4 rings (SSSR count). The van der Waals surface area contributed by atoms with Crippen LogP contribution in [-0.4, -0.2) is 57.8 Å². The maximum absolute atomic E-state index is 14.4. The van der Waals surface area contributed by atoms with E-state index in [1.165, 1.54) is 39.2 Å². The molecule has 1 aliphatic heterocycles. The number of hydrogen-bond donors (Lipinski definition) is 0. The first-order valence-electron chi connectivity index (χ1n) is 8.79. The summed E-state index contributed by atoms with van der Waals surface area (Å²) in [6, 6.07) is 1.65. The van der Waals surface area contributed by atoms with E-state index in [9.17, 15) is 13.2 Å². The van der Waals surface area contributed by atoms with Gasteiger partial charge in [-0.2, -0.15) is 14.5 Å². The lowest BCUT2D eigenvalue weighted by molar-refractivity contribution is -0.0642. The number of aromatic nitrogens is 5. The van der Waals surface area contributed by atoms with Crippen LogP contribution in [0.4, 0.5) is 19.0 Å². The second-order valence-corrected chi connectivity index (χ2v) is 7.46. The summed E-state index contributed by atoms with van der Waals surface area (Å²) in [6.07, 6.45) is 2.40. The van der Waals surface area contributed by atoms with E-state index in [1.807, 2.05) is 0 Å². The molecular weight excluding hydrogens is 389 g/mol. The van der Waals surface area contributed by atoms with Crippen LogP contribution in [0.1, 0.15) is 13.8 Å². The van der Waals surface area contributed by atoms with Gasteiger partial charge in [-0.25, -0.2) is 23.3 Å². The second-order valence-electron chi connectivity index (χ2n) is 7.46. The van der Waals surface area contributed by atoms with Gasteiger partial charge in [0, 0.05) is 18.2 Å². The van der Waals surface area contributed by atoms with Crippen LogP contribution in [0, 0.1) is 11.4 Å². The molecule has 4 heterocycles. The number of anilines is 1. The van der Waals surface area contributed by atoms with Crippen molar-refractivity contribution in [1.82, 2.24) is 24.6 Å². The molecule has 3 aromatic heterocycles. The van der Waals surface area contributed by atoms with E-state index in [1.54, 1.807) is 6.07 Å². The molecule has 0 atom stereocenters. The average molecular weight is 408 g/mol. The molecule has 0 saturated carbocycles. The fraction of sp³-hybridized carbons (Fsp3) is 0.444. The first-order valence-corrected chi connectivity index (χ1v) is 8.79. The Hall–Kier alpha value is -3.11. The Morgan fingerprint density at radius 1 is 1.07 bits per heavy atom. The topological polar surface area (TPSA) is 77.7 Å². The van der Waals surface area contributed by atoms with Crippen LogP contribution in [0.2, 0.25) is 0 Å². The van der Waals surface area contributed by atoms with Crippen molar-refractivity contribution in [3.05, 3.63) is 24.4 Å². The lowest BCUT2D eigenvalue weighted by Gasteiger charge is -2.24. The van der Waals surface area contributed by atoms with Crippen molar-refractivity contribution in [3.8, 4) is 23.1 Å². The van der Waals surface area contributed by atoms with Gasteiger partial charge in [0.2, 0.25) is 11.8 Å². The highest BCUT2D eigenvalue weighted by Gasteiger charge is 2.54. The SMILES string of the molecule is COc1ncc(-c2cc3c(N4CC(C)(C)C(F)(F)C4)ncc(F)n3n2)c(OC)n1. The molecule has 0 aliphatic carbocycles. The normalized spacial score (nSPS) is 17.7. The Balaban J connectivity index is 1.84. The molecule has 0 bridgehead atoms. The molecule has 3 aromatic rings. The van der Waals surface area contributed by atoms with Gasteiger partial charge in [0.15, 0.2) is 5.82 Å². The highest BCUT2D eigenvalue weighted by atomic mass is 19.3. The Kier molecular flexibility index (Phi) is 4.28. The predicted octanol–water partition coefficient (Wildman–Crippen LogP) is 2.82. The van der Waals surface area contributed by atoms with Crippen molar-refractivity contribution in [1.29, 1.82) is 0 Å². The van der Waals surface area contributed by atoms with E-state index in [0.29, 0.717) is 11.3 Å². The molecule has 1 aliphatic rings. The van der Waals surface area contributed by atoms with Crippen molar-refractivity contribution in [2.45, 2.75) is 19.8 Å². The third-order valence-electron chi connectivity index (χ3n) is 5.08. The zero-order chi connectivity index (χ0) is 21.0. The molecule has 29 heavy (non-hydrogen) atoms. The molecule has 154 valence electrons. The molecule has 8 nitrogen and oxygen atoms in total. The predicted molar refractivity (Wildman–Crippen MR) is 98.0 cm³/mol. The van der Waals surface area contributed by atoms with Crippen LogP contribution in [-0.2, 0) is 0 Å². The van der Waals surface area contributed by atoms with Gasteiger partial charge in [-0.1, -0.05) is 13.8 Å². The summed E-state index contributed by atoms with van der Waals surface area (Å²) in [6.45, 7) is 2.55. The molecule has 0 radical (unpaired) electrons. The Morgan fingerprint density at radius 2 is 1.83 bits per heavy atom. The molecule has 0 spiro atoms. The lowest BCUT2D eigenvalue weighted by atomic mass is 9.89. The Bertz CT molecular complexity index is 1070. The maximum Gasteiger partial charge on any atom is 0.319 e. The first-order chi connectivity index (χ1) is 13.7. The minimum absolute atomic E-state index is 0.0732. The summed E-state index contributed by atoms with van der Waals surface area (Å²) in [5, 5.41) is 4.24. The summed E-state index contributed by atoms with van der Waals surface area (Å²) in [7, 11) is 2.84. The lowest BCUT2D eigenvalue weighted by Crippen LogP contribution is -2.34. The van der Waals surface area contributed by atoms with E-state index in [4.69, 9.17) is 9.47 Å². The van der Waals surface area contributed by atoms with Crippen LogP contribution < -0.4 is 14.4 Å². The standard InChI is InChI=1S/C18H19F3N6O2/c1-17(2)8-26(9-18(17,20)21)14-12-5-11(25-27(12)13(19)7-22-14)10-6-23-16(29-4)24-15(10)28-3/h5-7H,8-9H2,1-4H3. The monoisotopic (exact) mass is 408 g/mol. The number of alkyl halides is 2. The number of fused-ring (bicyclic) bond motifs is 1. The first kappa shape index (κ1) is 19.2. The number of nitrogens with zero attached hydrogens (tertiary/aromatic N) is 6. The molecule has 1 fully saturated rings. The summed E-state index contributed by atoms with van der Waals surface area (Å²) in [5.74, 6) is -3.22. The third kappa shape index (κ3) is 3.00. The highest BCUT2D eigenvalue weighted by molar-refractivity contribution is 5.77. The largest absolute Gasteiger partial charge is 0.480 e. The quantitative estimate of drug-likeness (QED) is 0.657. The van der Waals surface area contributed by atoms with E-state index < -0.39 is 23.8 Å². The average Bonchev–Trinajstić information content (AvgIpc) is 3.20. The number of ether oxygens (including phenoxy) is 2. The molecule has 0 N–H and O–H groups in total. The van der Waals surface area contributed by atoms with Gasteiger partial charge in [-0.15, -0.1) is 0 Å². The van der Waals surface area contributed by atoms with Gasteiger partial charge < -0.3 is 14.4 Å². The van der Waals surface area contributed by atoms with E-state index in [-0.39, 0.29) is 29.8 Å². The number of hydrogen-bond acceptors (Lipinski definition) is 7. The minimum atomic E-state index is -2.91. The fourth-order valence-electron chi connectivity index (χ4n) is 3.35. The third-order valence-corrected chi connectivity index (χ3v) is 5.08. The van der Waals surface area contributed by atoms with Crippen molar-refractivity contribution < 1.29 is 22.6 Å². The number of methoxy groups -OCH3 is 2. The summed E-state index contributed by atoms with van der Waals surface area (Å²) >= 11 is 0. The second kappa shape index (κ2) is 6.46. The van der Waals surface area contributed by atoms with E-state index in [2.05, 4.69) is 20.1 Å². The zero-order valence-electron chi connectivity index (χ0n) is 16.3. The van der Waals surface area contributed by atoms with Crippen LogP contribution in [0.5, 0.6) is 11.9 Å². The van der Waals surface area contributed by atoms with Gasteiger partial charge in [0.1, 0.15) is 11.2 Å². The minimum Gasteiger partial charge on any atom is -0.480 e. The van der Waals surface area contributed by atoms with Gasteiger partial charge >= 0.3 is 6.01 Å². The van der Waals surface area contributed by atoms with Crippen molar-refractivity contribution in [2.75, 3.05) is 32.2 Å². The smallest absolute Gasteiger partial charge is 0.319 e. The Morgan fingerprint density at radius 3 is 2.45 bits per heavy atom. The molecule has 11 heteroatoms. The summed E-state index contributed by atoms with van der Waals surface area (Å²) < 4.78 is 54.4. The van der Waals surface area contributed by atoms with Crippen molar-refractivity contribution in [3.63, 3.8) is 0 Å². The number of rotatable bonds is 4. The van der Waals surface area contributed by atoms with Gasteiger partial charge in [-0.05, 0) is 6.07 Å². The summed E-state index contributed by atoms with van der Waals surface area (Å²) in [4.78, 5) is 13.6. The van der Waals surface area contributed by atoms with E-state index in [0.717, 1.165) is 10.7 Å². The molecule has 1 saturated heterocycles. The van der Waals surface area contributed by atoms with Gasteiger partial charge in [0.05, 0.1) is 32.5 Å². The van der Waals surface area contributed by atoms with Gasteiger partial charge in [0.25, 0.3) is 5.92 Å². The van der Waals surface area contributed by atoms with Crippen LogP contribution in [0.25, 0.3) is 16.8 Å². The number of halogens is 3. The molecule has 0 unspecified atom stereocenters. The van der Waals surface area contributed by atoms with E-state index >= 15 is 0 Å². The summed E-state index contributed by atoms with van der Waals surface area (Å²) in [5.41, 5.74) is -0.278. The van der Waals surface area contributed by atoms with Crippen LogP contribution in [0.3, 0.4) is 0 Å². The fourth-order valence-corrected chi connectivity index (χ4v) is 3.35. The Labute approximate surface area is 164 Å². The van der Waals surface area contributed by atoms with Crippen molar-refractivity contribution in [2.24, 2.45) is 5.41 Å². The van der Waals surface area contributed by atoms with Crippen LogP contribution >= 0.6 is 0 Å². The zero-order valence-corrected chi connectivity index (χ0v) is 16.3. The molecule has 0 aromatic carbocycles. The molecular formula is C18H19F3N6O2. The van der Waals surface area contributed by atoms with Crippen LogP contribution in [0.15, 0.2) is 18.5 Å².